The molecule has 0 fully saturated rings. The Morgan fingerprint density at radius 2 is 2.14 bits per heavy atom. The van der Waals surface area contributed by atoms with Gasteiger partial charge in [0.25, 0.3) is 5.91 Å². The molecule has 3 heterocycles. The number of fused-ring (bicyclic) bond motifs is 1. The molecule has 22 heavy (non-hydrogen) atoms. The van der Waals surface area contributed by atoms with Crippen molar-refractivity contribution >= 4 is 17.1 Å². The van der Waals surface area contributed by atoms with Crippen LogP contribution in [0.2, 0.25) is 0 Å². The number of carbonyl (C=O) groups excluding carboxylic acids is 1. The predicted octanol–water partition coefficient (Wildman–Crippen LogP) is 1.12. The van der Waals surface area contributed by atoms with E-state index in [1.165, 1.54) is 0 Å². The Hall–Kier alpha value is -2.83. The summed E-state index contributed by atoms with van der Waals surface area (Å²) in [5.74, 6) is -0.170. The summed E-state index contributed by atoms with van der Waals surface area (Å²) in [6.45, 7) is 1.93. The summed E-state index contributed by atoms with van der Waals surface area (Å²) >= 11 is 0. The van der Waals surface area contributed by atoms with Crippen molar-refractivity contribution in [2.24, 2.45) is 7.05 Å². The minimum Gasteiger partial charge on any atom is -0.349 e. The molecule has 0 aliphatic rings. The maximum absolute atomic E-state index is 12.3. The second-order valence-corrected chi connectivity index (χ2v) is 5.20. The minimum absolute atomic E-state index is 0.0522. The molecular weight excluding hydrogens is 280 g/mol. The monoisotopic (exact) mass is 296 g/mol. The molecule has 0 bridgehead atoms. The van der Waals surface area contributed by atoms with Crippen molar-refractivity contribution in [1.82, 2.24) is 29.8 Å². The maximum Gasteiger partial charge on any atom is 0.253 e. The summed E-state index contributed by atoms with van der Waals surface area (Å²) in [5.41, 5.74) is 2.80. The SMILES string of the molecule is CC(Cc1cnccn1)NC(=O)c1cnc2c(c1)ncn2C. The molecule has 7 heteroatoms. The number of pyridine rings is 1. The van der Waals surface area contributed by atoms with Gasteiger partial charge in [-0.05, 0) is 13.0 Å². The van der Waals surface area contributed by atoms with Crippen LogP contribution in [0.1, 0.15) is 23.0 Å². The third kappa shape index (κ3) is 2.93. The number of aromatic nitrogens is 5. The fraction of sp³-hybridized carbons (Fsp3) is 0.267. The van der Waals surface area contributed by atoms with Crippen LogP contribution in [-0.4, -0.2) is 36.5 Å². The zero-order chi connectivity index (χ0) is 15.5. The first-order valence-corrected chi connectivity index (χ1v) is 6.96. The average Bonchev–Trinajstić information content (AvgIpc) is 2.89. The Morgan fingerprint density at radius 3 is 2.91 bits per heavy atom. The van der Waals surface area contributed by atoms with Gasteiger partial charge < -0.3 is 9.88 Å². The molecule has 7 nitrogen and oxygen atoms in total. The zero-order valence-corrected chi connectivity index (χ0v) is 12.4. The van der Waals surface area contributed by atoms with Crippen LogP contribution in [0.15, 0.2) is 37.2 Å². The highest BCUT2D eigenvalue weighted by Gasteiger charge is 2.13. The highest BCUT2D eigenvalue weighted by molar-refractivity contribution is 5.96. The van der Waals surface area contributed by atoms with E-state index in [1.807, 2.05) is 18.5 Å². The molecule has 1 amide bonds. The number of amides is 1. The lowest BCUT2D eigenvalue weighted by Gasteiger charge is -2.13. The van der Waals surface area contributed by atoms with E-state index >= 15 is 0 Å². The highest BCUT2D eigenvalue weighted by Crippen LogP contribution is 2.11. The number of aryl methyl sites for hydroxylation is 1. The van der Waals surface area contributed by atoms with E-state index in [0.717, 1.165) is 11.3 Å². The molecule has 1 atom stereocenters. The molecule has 0 radical (unpaired) electrons. The van der Waals surface area contributed by atoms with Crippen molar-refractivity contribution in [3.63, 3.8) is 0 Å². The predicted molar refractivity (Wildman–Crippen MR) is 81.2 cm³/mol. The Morgan fingerprint density at radius 1 is 1.27 bits per heavy atom. The van der Waals surface area contributed by atoms with Crippen molar-refractivity contribution < 1.29 is 4.79 Å². The molecule has 0 saturated carbocycles. The van der Waals surface area contributed by atoms with E-state index in [0.29, 0.717) is 17.5 Å². The van der Waals surface area contributed by atoms with Gasteiger partial charge in [-0.15, -0.1) is 0 Å². The largest absolute Gasteiger partial charge is 0.349 e. The number of imidazole rings is 1. The Kier molecular flexibility index (Phi) is 3.78. The summed E-state index contributed by atoms with van der Waals surface area (Å²) < 4.78 is 1.81. The van der Waals surface area contributed by atoms with Crippen molar-refractivity contribution in [3.8, 4) is 0 Å². The van der Waals surface area contributed by atoms with E-state index < -0.39 is 0 Å². The third-order valence-corrected chi connectivity index (χ3v) is 3.32. The molecule has 0 aliphatic carbocycles. The molecule has 0 saturated heterocycles. The molecular formula is C15H16N6O. The first-order valence-electron chi connectivity index (χ1n) is 6.96. The summed E-state index contributed by atoms with van der Waals surface area (Å²) in [4.78, 5) is 29.0. The van der Waals surface area contributed by atoms with E-state index in [2.05, 4.69) is 25.3 Å². The van der Waals surface area contributed by atoms with Crippen molar-refractivity contribution in [3.05, 3.63) is 48.4 Å². The molecule has 0 aliphatic heterocycles. The highest BCUT2D eigenvalue weighted by atomic mass is 16.1. The van der Waals surface area contributed by atoms with Gasteiger partial charge in [0.1, 0.15) is 5.52 Å². The lowest BCUT2D eigenvalue weighted by molar-refractivity contribution is 0.0939. The van der Waals surface area contributed by atoms with Gasteiger partial charge in [0.2, 0.25) is 0 Å². The number of nitrogens with zero attached hydrogens (tertiary/aromatic N) is 5. The van der Waals surface area contributed by atoms with Crippen LogP contribution in [0.3, 0.4) is 0 Å². The molecule has 3 aromatic rings. The fourth-order valence-corrected chi connectivity index (χ4v) is 2.25. The van der Waals surface area contributed by atoms with Gasteiger partial charge in [-0.3, -0.25) is 14.8 Å². The zero-order valence-electron chi connectivity index (χ0n) is 12.4. The summed E-state index contributed by atoms with van der Waals surface area (Å²) in [6, 6.07) is 1.69. The molecule has 3 rings (SSSR count). The number of rotatable bonds is 4. The smallest absolute Gasteiger partial charge is 0.253 e. The molecule has 1 unspecified atom stereocenters. The lowest BCUT2D eigenvalue weighted by atomic mass is 10.1. The van der Waals surface area contributed by atoms with Crippen LogP contribution in [0.25, 0.3) is 11.2 Å². The number of hydrogen-bond acceptors (Lipinski definition) is 5. The lowest BCUT2D eigenvalue weighted by Crippen LogP contribution is -2.34. The summed E-state index contributed by atoms with van der Waals surface area (Å²) in [6.07, 6.45) is 8.83. The number of hydrogen-bond donors (Lipinski definition) is 1. The number of nitrogens with one attached hydrogen (secondary N) is 1. The van der Waals surface area contributed by atoms with E-state index in [1.54, 1.807) is 37.2 Å². The van der Waals surface area contributed by atoms with Gasteiger partial charge >= 0.3 is 0 Å². The first kappa shape index (κ1) is 14.1. The topological polar surface area (TPSA) is 85.6 Å². The molecule has 1 N–H and O–H groups in total. The van der Waals surface area contributed by atoms with E-state index in [-0.39, 0.29) is 11.9 Å². The van der Waals surface area contributed by atoms with Gasteiger partial charge in [0.15, 0.2) is 5.65 Å². The van der Waals surface area contributed by atoms with Crippen LogP contribution in [-0.2, 0) is 13.5 Å². The van der Waals surface area contributed by atoms with Crippen LogP contribution in [0, 0.1) is 0 Å². The Labute approximate surface area is 127 Å². The molecule has 0 aromatic carbocycles. The molecule has 112 valence electrons. The van der Waals surface area contributed by atoms with Crippen LogP contribution in [0.4, 0.5) is 0 Å². The van der Waals surface area contributed by atoms with Crippen molar-refractivity contribution in [2.45, 2.75) is 19.4 Å². The normalized spacial score (nSPS) is 12.3. The van der Waals surface area contributed by atoms with E-state index in [9.17, 15) is 4.79 Å². The van der Waals surface area contributed by atoms with E-state index in [4.69, 9.17) is 0 Å². The van der Waals surface area contributed by atoms with Crippen LogP contribution < -0.4 is 5.32 Å². The number of carbonyl (C=O) groups is 1. The quantitative estimate of drug-likeness (QED) is 0.779. The van der Waals surface area contributed by atoms with Gasteiger partial charge in [-0.25, -0.2) is 9.97 Å². The molecule has 3 aromatic heterocycles. The Bertz CT molecular complexity index is 798. The minimum atomic E-state index is -0.170. The average molecular weight is 296 g/mol. The third-order valence-electron chi connectivity index (χ3n) is 3.32. The maximum atomic E-state index is 12.3. The van der Waals surface area contributed by atoms with Crippen LogP contribution >= 0.6 is 0 Å². The second kappa shape index (κ2) is 5.88. The first-order chi connectivity index (χ1) is 10.6. The van der Waals surface area contributed by atoms with Gasteiger partial charge in [0, 0.05) is 44.3 Å². The second-order valence-electron chi connectivity index (χ2n) is 5.20. The van der Waals surface area contributed by atoms with Crippen molar-refractivity contribution in [1.29, 1.82) is 0 Å². The Balaban J connectivity index is 1.70. The van der Waals surface area contributed by atoms with Gasteiger partial charge in [0.05, 0.1) is 17.6 Å². The van der Waals surface area contributed by atoms with Gasteiger partial charge in [-0.1, -0.05) is 0 Å². The molecule has 0 spiro atoms. The standard InChI is InChI=1S/C15H16N6O/c1-10(5-12-8-16-3-4-17-12)20-15(22)11-6-13-14(18-7-11)21(2)9-19-13/h3-4,6-10H,5H2,1-2H3,(H,20,22). The van der Waals surface area contributed by atoms with Gasteiger partial charge in [-0.2, -0.15) is 0 Å². The fourth-order valence-electron chi connectivity index (χ4n) is 2.25. The summed E-state index contributed by atoms with van der Waals surface area (Å²) in [5, 5.41) is 2.93. The summed E-state index contributed by atoms with van der Waals surface area (Å²) in [7, 11) is 1.87. The van der Waals surface area contributed by atoms with Crippen LogP contribution in [0.5, 0.6) is 0 Å². The van der Waals surface area contributed by atoms with Crippen molar-refractivity contribution in [2.75, 3.05) is 0 Å².